The molecule has 3 saturated heterocycles. The Balaban J connectivity index is 1.25. The lowest BCUT2D eigenvalue weighted by atomic mass is 9.96. The third-order valence-corrected chi connectivity index (χ3v) is 14.5. The Kier molecular flexibility index (Phi) is 22.6. The number of esters is 5. The molecule has 7 rings (SSSR count). The smallest absolute Gasteiger partial charge is 0.303 e. The van der Waals surface area contributed by atoms with Crippen LogP contribution in [-0.4, -0.2) is 151 Å². The molecule has 22 nitrogen and oxygen atoms in total. The quantitative estimate of drug-likeness (QED) is 0.0681. The average molecular weight is 1140 g/mol. The van der Waals surface area contributed by atoms with Gasteiger partial charge in [-0.2, -0.15) is 0 Å². The molecule has 23 heteroatoms. The molecule has 80 heavy (non-hydrogen) atoms. The summed E-state index contributed by atoms with van der Waals surface area (Å²) in [5, 5.41) is 0. The standard InChI is InChI=1S/C57H69NO21S/c1-34-23-25-43(26-24-34)80(64,65)58-44-27-48(76-45(31-67-35(2)59)49(44)79-57-55(75-39(6)63)53(74-38(5)62)51(73-37(4)61)47(78-57)32-68-36(3)60)69-33-46-50(70-28-40-17-11-8-12-18-40)52(71-29-41-19-13-9-14-20-41)54(56(66-7)77-46)72-30-42-21-15-10-16-22-42/h8-26,44-58H,27-33H2,1-7H3/t44-,45+,46+,47+,48-,49-,50+,51+,52-,53-,54+,55+,56-,57-/m0/s1. The summed E-state index contributed by atoms with van der Waals surface area (Å²) in [5.41, 5.74) is 3.39. The van der Waals surface area contributed by atoms with Crippen LogP contribution in [0.25, 0.3) is 0 Å². The fourth-order valence-corrected chi connectivity index (χ4v) is 10.6. The first kappa shape index (κ1) is 61.4. The van der Waals surface area contributed by atoms with Crippen LogP contribution in [-0.2, 0) is 120 Å². The van der Waals surface area contributed by atoms with Gasteiger partial charge in [-0.15, -0.1) is 0 Å². The van der Waals surface area contributed by atoms with Gasteiger partial charge in [-0.3, -0.25) is 24.0 Å². The molecular formula is C57H69NO21S. The number of nitrogens with one attached hydrogen (secondary N) is 1. The maximum absolute atomic E-state index is 14.5. The summed E-state index contributed by atoms with van der Waals surface area (Å²) in [6.07, 6.45) is -17.4. The number of ether oxygens (including phenoxy) is 14. The number of methoxy groups -OCH3 is 1. The third-order valence-electron chi connectivity index (χ3n) is 13.0. The van der Waals surface area contributed by atoms with Gasteiger partial charge in [0.15, 0.2) is 37.2 Å². The Morgan fingerprint density at radius 2 is 0.938 bits per heavy atom. The van der Waals surface area contributed by atoms with Gasteiger partial charge in [-0.1, -0.05) is 109 Å². The summed E-state index contributed by atoms with van der Waals surface area (Å²) in [4.78, 5) is 62.7. The molecule has 0 bridgehead atoms. The fourth-order valence-electron chi connectivity index (χ4n) is 9.38. The normalized spacial score (nSPS) is 27.7. The van der Waals surface area contributed by atoms with Gasteiger partial charge in [0.05, 0.1) is 37.4 Å². The second kappa shape index (κ2) is 29.5. The van der Waals surface area contributed by atoms with Crippen molar-refractivity contribution < 1.29 is 98.7 Å². The van der Waals surface area contributed by atoms with Gasteiger partial charge < -0.3 is 66.3 Å². The van der Waals surface area contributed by atoms with Gasteiger partial charge in [-0.25, -0.2) is 13.1 Å². The number of carbonyl (C=O) groups is 5. The molecule has 0 amide bonds. The van der Waals surface area contributed by atoms with Crippen molar-refractivity contribution in [3.05, 3.63) is 138 Å². The molecule has 0 aliphatic carbocycles. The van der Waals surface area contributed by atoms with E-state index in [0.29, 0.717) is 0 Å². The molecule has 434 valence electrons. The molecular weight excluding hydrogens is 1070 g/mol. The second-order valence-electron chi connectivity index (χ2n) is 19.2. The maximum Gasteiger partial charge on any atom is 0.303 e. The number of sulfonamides is 1. The number of aryl methyl sites for hydroxylation is 1. The van der Waals surface area contributed by atoms with E-state index in [-0.39, 0.29) is 37.7 Å². The predicted molar refractivity (Wildman–Crippen MR) is 279 cm³/mol. The zero-order valence-corrected chi connectivity index (χ0v) is 46.3. The minimum absolute atomic E-state index is 0.116. The van der Waals surface area contributed by atoms with E-state index in [4.69, 9.17) is 66.3 Å². The molecule has 3 aliphatic heterocycles. The molecule has 3 fully saturated rings. The molecule has 3 aliphatic rings. The number of hydrogen-bond acceptors (Lipinski definition) is 21. The van der Waals surface area contributed by atoms with Crippen LogP contribution in [0.15, 0.2) is 120 Å². The number of hydrogen-bond donors (Lipinski definition) is 1. The summed E-state index contributed by atoms with van der Waals surface area (Å²) in [7, 11) is -2.97. The monoisotopic (exact) mass is 1140 g/mol. The van der Waals surface area contributed by atoms with Crippen LogP contribution in [0.2, 0.25) is 0 Å². The Labute approximate surface area is 464 Å². The lowest BCUT2D eigenvalue weighted by Crippen LogP contribution is -2.66. The van der Waals surface area contributed by atoms with Crippen molar-refractivity contribution >= 4 is 39.9 Å². The van der Waals surface area contributed by atoms with Crippen LogP contribution in [0.5, 0.6) is 0 Å². The second-order valence-corrected chi connectivity index (χ2v) is 21.0. The lowest BCUT2D eigenvalue weighted by Gasteiger charge is -2.48. The summed E-state index contributed by atoms with van der Waals surface area (Å²) in [6, 6.07) is 33.3. The largest absolute Gasteiger partial charge is 0.463 e. The zero-order valence-electron chi connectivity index (χ0n) is 45.5. The zero-order chi connectivity index (χ0) is 57.3. The SMILES string of the molecule is CO[C@H]1O[C@H](CO[C@@H]2C[C@H](NS(=O)(=O)c3ccc(C)cc3)[C@H](O[C@@H]3O[C@H](COC(C)=O)[C@@H](OC(C)=O)[C@H](OC(C)=O)[C@H]3OC(C)=O)[C@@H](COC(C)=O)O2)[C@@H](OCc2ccccc2)[C@H](OCc2ccccc2)[C@H]1OCc1ccccc1. The predicted octanol–water partition coefficient (Wildman–Crippen LogP) is 4.93. The Morgan fingerprint density at radius 1 is 0.487 bits per heavy atom. The number of benzene rings is 4. The van der Waals surface area contributed by atoms with Crippen molar-refractivity contribution in [2.75, 3.05) is 26.9 Å². The van der Waals surface area contributed by atoms with Gasteiger partial charge in [0.2, 0.25) is 10.0 Å². The first-order valence-electron chi connectivity index (χ1n) is 26.0. The van der Waals surface area contributed by atoms with Gasteiger partial charge in [0, 0.05) is 48.1 Å². The Bertz CT molecular complexity index is 2740. The molecule has 3 heterocycles. The van der Waals surface area contributed by atoms with Crippen LogP contribution in [0.1, 0.15) is 63.3 Å². The highest BCUT2D eigenvalue weighted by molar-refractivity contribution is 7.89. The van der Waals surface area contributed by atoms with Crippen LogP contribution in [0.4, 0.5) is 0 Å². The molecule has 4 aromatic carbocycles. The highest BCUT2D eigenvalue weighted by atomic mass is 32.2. The van der Waals surface area contributed by atoms with E-state index in [1.54, 1.807) is 19.1 Å². The molecule has 1 N–H and O–H groups in total. The van der Waals surface area contributed by atoms with Crippen molar-refractivity contribution in [3.63, 3.8) is 0 Å². The van der Waals surface area contributed by atoms with Crippen molar-refractivity contribution in [2.45, 2.75) is 159 Å². The van der Waals surface area contributed by atoms with Crippen LogP contribution in [0, 0.1) is 6.92 Å². The summed E-state index contributed by atoms with van der Waals surface area (Å²) < 4.78 is 118. The van der Waals surface area contributed by atoms with E-state index >= 15 is 0 Å². The Morgan fingerprint density at radius 3 is 1.44 bits per heavy atom. The van der Waals surface area contributed by atoms with E-state index in [1.807, 2.05) is 91.0 Å². The van der Waals surface area contributed by atoms with Crippen LogP contribution < -0.4 is 4.72 Å². The lowest BCUT2D eigenvalue weighted by molar-refractivity contribution is -0.345. The van der Waals surface area contributed by atoms with Gasteiger partial charge >= 0.3 is 29.8 Å². The first-order chi connectivity index (χ1) is 38.4. The van der Waals surface area contributed by atoms with E-state index < -0.39 is 139 Å². The summed E-state index contributed by atoms with van der Waals surface area (Å²) >= 11 is 0. The molecule has 0 aromatic heterocycles. The first-order valence-corrected chi connectivity index (χ1v) is 27.5. The minimum atomic E-state index is -4.45. The molecule has 14 atom stereocenters. The molecule has 0 unspecified atom stereocenters. The molecule has 0 spiro atoms. The van der Waals surface area contributed by atoms with E-state index in [1.165, 1.54) is 19.2 Å². The van der Waals surface area contributed by atoms with Crippen molar-refractivity contribution in [1.82, 2.24) is 4.72 Å². The number of rotatable bonds is 25. The molecule has 0 saturated carbocycles. The van der Waals surface area contributed by atoms with Crippen molar-refractivity contribution in [2.24, 2.45) is 0 Å². The maximum atomic E-state index is 14.5. The highest BCUT2D eigenvalue weighted by Crippen LogP contribution is 2.36. The average Bonchev–Trinajstić information content (AvgIpc) is 3.45. The topological polar surface area (TPSA) is 261 Å². The van der Waals surface area contributed by atoms with Crippen molar-refractivity contribution in [3.8, 4) is 0 Å². The minimum Gasteiger partial charge on any atom is -0.463 e. The van der Waals surface area contributed by atoms with E-state index in [0.717, 1.165) is 56.9 Å². The van der Waals surface area contributed by atoms with E-state index in [2.05, 4.69) is 4.72 Å². The molecule has 0 radical (unpaired) electrons. The van der Waals surface area contributed by atoms with Crippen molar-refractivity contribution in [1.29, 1.82) is 0 Å². The van der Waals surface area contributed by atoms with Crippen LogP contribution in [0.3, 0.4) is 0 Å². The van der Waals surface area contributed by atoms with Gasteiger partial charge in [-0.05, 0) is 35.7 Å². The van der Waals surface area contributed by atoms with Gasteiger partial charge in [0.25, 0.3) is 0 Å². The highest BCUT2D eigenvalue weighted by Gasteiger charge is 2.56. The molecule has 4 aromatic rings. The number of carbonyl (C=O) groups excluding carboxylic acids is 5. The van der Waals surface area contributed by atoms with Gasteiger partial charge in [0.1, 0.15) is 55.9 Å². The summed E-state index contributed by atoms with van der Waals surface area (Å²) in [6.45, 7) is 6.25. The third kappa shape index (κ3) is 17.6. The Hall–Kier alpha value is -6.22. The fraction of sp³-hybridized carbons (Fsp3) is 0.491. The van der Waals surface area contributed by atoms with Crippen LogP contribution >= 0.6 is 0 Å². The van der Waals surface area contributed by atoms with E-state index in [9.17, 15) is 32.4 Å². The summed E-state index contributed by atoms with van der Waals surface area (Å²) in [5.74, 6) is -4.18.